The van der Waals surface area contributed by atoms with E-state index in [4.69, 9.17) is 28.9 Å². The molecule has 1 aliphatic heterocycles. The molecule has 1 saturated heterocycles. The second-order valence-corrected chi connectivity index (χ2v) is 9.72. The Labute approximate surface area is 189 Å². The second-order valence-electron chi connectivity index (χ2n) is 7.76. The maximum absolute atomic E-state index is 12.4. The molecule has 7 nitrogen and oxygen atoms in total. The lowest BCUT2D eigenvalue weighted by molar-refractivity contribution is -0.135. The molecule has 2 aliphatic rings. The van der Waals surface area contributed by atoms with Gasteiger partial charge in [0.2, 0.25) is 5.91 Å². The van der Waals surface area contributed by atoms with Crippen LogP contribution in [0.1, 0.15) is 33.1 Å². The molecule has 0 atom stereocenters. The van der Waals surface area contributed by atoms with Gasteiger partial charge in [-0.1, -0.05) is 29.3 Å². The lowest BCUT2D eigenvalue weighted by atomic mass is 10.2. The molecular formula is C20H23Cl2N5O2S. The number of nitrogens with one attached hydrogen (secondary N) is 1. The Hall–Kier alpha value is -1.71. The molecule has 1 aliphatic carbocycles. The summed E-state index contributed by atoms with van der Waals surface area (Å²) in [6, 6.07) is 5.19. The summed E-state index contributed by atoms with van der Waals surface area (Å²) >= 11 is 13.4. The van der Waals surface area contributed by atoms with Gasteiger partial charge in [-0.3, -0.25) is 14.5 Å². The van der Waals surface area contributed by atoms with Crippen LogP contribution in [-0.4, -0.2) is 58.3 Å². The van der Waals surface area contributed by atoms with E-state index in [0.717, 1.165) is 36.5 Å². The van der Waals surface area contributed by atoms with Crippen molar-refractivity contribution in [1.82, 2.24) is 20.1 Å². The minimum Gasteiger partial charge on any atom is -0.347 e. The first-order valence-electron chi connectivity index (χ1n) is 9.81. The first-order chi connectivity index (χ1) is 14.3. The molecule has 30 heavy (non-hydrogen) atoms. The number of halogens is 2. The Balaban J connectivity index is 1.26. The summed E-state index contributed by atoms with van der Waals surface area (Å²) in [4.78, 5) is 33.8. The number of carbonyl (C=O) groups is 2. The van der Waals surface area contributed by atoms with Crippen molar-refractivity contribution in [2.24, 2.45) is 5.73 Å². The van der Waals surface area contributed by atoms with Gasteiger partial charge in [-0.15, -0.1) is 11.3 Å². The number of nitrogens with zero attached hydrogens (tertiary/aromatic N) is 3. The molecule has 4 rings (SSSR count). The topological polar surface area (TPSA) is 91.6 Å². The van der Waals surface area contributed by atoms with Crippen LogP contribution in [0, 0.1) is 0 Å². The predicted molar refractivity (Wildman–Crippen MR) is 118 cm³/mol. The molecule has 2 fully saturated rings. The van der Waals surface area contributed by atoms with Crippen LogP contribution in [0.3, 0.4) is 0 Å². The second kappa shape index (κ2) is 8.80. The van der Waals surface area contributed by atoms with E-state index in [2.05, 4.69) is 15.2 Å². The number of hydrogen-bond acceptors (Lipinski definition) is 6. The average molecular weight is 468 g/mol. The summed E-state index contributed by atoms with van der Waals surface area (Å²) in [5.74, 6) is -0.103. The largest absolute Gasteiger partial charge is 0.347 e. The van der Waals surface area contributed by atoms with E-state index in [1.807, 2.05) is 4.90 Å². The third-order valence-electron chi connectivity index (χ3n) is 5.46. The zero-order valence-electron chi connectivity index (χ0n) is 16.4. The number of carbonyl (C=O) groups excluding carboxylic acids is 2. The third kappa shape index (κ3) is 4.95. The van der Waals surface area contributed by atoms with Crippen molar-refractivity contribution in [2.45, 2.75) is 31.5 Å². The summed E-state index contributed by atoms with van der Waals surface area (Å²) in [7, 11) is 0. The van der Waals surface area contributed by atoms with Crippen molar-refractivity contribution >= 4 is 46.4 Å². The van der Waals surface area contributed by atoms with Gasteiger partial charge in [-0.25, -0.2) is 4.98 Å². The maximum atomic E-state index is 12.4. The molecule has 0 spiro atoms. The first-order valence-corrected chi connectivity index (χ1v) is 11.4. The van der Waals surface area contributed by atoms with Crippen molar-refractivity contribution in [3.8, 4) is 0 Å². The number of nitrogens with two attached hydrogens (primary N) is 1. The quantitative estimate of drug-likeness (QED) is 0.680. The van der Waals surface area contributed by atoms with Crippen LogP contribution in [0.4, 0.5) is 0 Å². The molecule has 2 amide bonds. The van der Waals surface area contributed by atoms with E-state index in [1.54, 1.807) is 24.4 Å². The number of benzene rings is 1. The predicted octanol–water partition coefficient (Wildman–Crippen LogP) is 2.52. The zero-order chi connectivity index (χ0) is 21.3. The number of thiazole rings is 1. The lowest BCUT2D eigenvalue weighted by Gasteiger charge is -2.35. The van der Waals surface area contributed by atoms with Crippen LogP contribution in [0.5, 0.6) is 0 Å². The third-order valence-corrected chi connectivity index (χ3v) is 7.03. The molecule has 10 heteroatoms. The Morgan fingerprint density at radius 2 is 1.93 bits per heavy atom. The van der Waals surface area contributed by atoms with E-state index in [1.165, 1.54) is 11.3 Å². The molecule has 0 unspecified atom stereocenters. The van der Waals surface area contributed by atoms with Crippen molar-refractivity contribution in [2.75, 3.05) is 26.2 Å². The summed E-state index contributed by atoms with van der Waals surface area (Å²) in [6.45, 7) is 3.89. The Morgan fingerprint density at radius 3 is 2.60 bits per heavy atom. The zero-order valence-corrected chi connectivity index (χ0v) is 18.7. The Kier molecular flexibility index (Phi) is 6.31. The molecule has 1 aromatic heterocycles. The number of amides is 2. The molecule has 0 radical (unpaired) electrons. The van der Waals surface area contributed by atoms with Crippen molar-refractivity contribution in [3.05, 3.63) is 49.9 Å². The van der Waals surface area contributed by atoms with Gasteiger partial charge in [0, 0.05) is 42.8 Å². The number of aromatic nitrogens is 1. The molecular weight excluding hydrogens is 445 g/mol. The molecule has 3 N–H and O–H groups in total. The van der Waals surface area contributed by atoms with E-state index in [0.29, 0.717) is 41.1 Å². The Bertz CT molecular complexity index is 954. The van der Waals surface area contributed by atoms with Gasteiger partial charge in [-0.2, -0.15) is 0 Å². The number of rotatable bonds is 6. The summed E-state index contributed by atoms with van der Waals surface area (Å²) < 4.78 is 0. The average Bonchev–Trinajstić information content (AvgIpc) is 3.31. The van der Waals surface area contributed by atoms with E-state index < -0.39 is 5.54 Å². The van der Waals surface area contributed by atoms with Crippen LogP contribution in [0.25, 0.3) is 0 Å². The van der Waals surface area contributed by atoms with Crippen LogP contribution < -0.4 is 11.1 Å². The minimum atomic E-state index is -0.601. The first kappa shape index (κ1) is 21.5. The fourth-order valence-electron chi connectivity index (χ4n) is 3.38. The van der Waals surface area contributed by atoms with Gasteiger partial charge in [0.25, 0.3) is 5.91 Å². The van der Waals surface area contributed by atoms with Crippen molar-refractivity contribution < 1.29 is 9.59 Å². The minimum absolute atomic E-state index is 0.0798. The van der Waals surface area contributed by atoms with Crippen LogP contribution in [0.15, 0.2) is 24.4 Å². The highest BCUT2D eigenvalue weighted by atomic mass is 35.5. The summed E-state index contributed by atoms with van der Waals surface area (Å²) in [5, 5.41) is 4.82. The normalized spacial score (nSPS) is 18.3. The van der Waals surface area contributed by atoms with Crippen LogP contribution in [0.2, 0.25) is 10.0 Å². The van der Waals surface area contributed by atoms with Crippen LogP contribution in [-0.2, 0) is 17.9 Å². The van der Waals surface area contributed by atoms with Gasteiger partial charge in [0.15, 0.2) is 0 Å². The van der Waals surface area contributed by atoms with Gasteiger partial charge >= 0.3 is 0 Å². The molecule has 0 bridgehead atoms. The maximum Gasteiger partial charge on any atom is 0.263 e. The number of hydrogen-bond donors (Lipinski definition) is 2. The van der Waals surface area contributed by atoms with Gasteiger partial charge < -0.3 is 16.0 Å². The lowest BCUT2D eigenvalue weighted by Crippen LogP contribution is -2.53. The fraction of sp³-hybridized carbons (Fsp3) is 0.450. The summed E-state index contributed by atoms with van der Waals surface area (Å²) in [5.41, 5.74) is 6.22. The number of piperazine rings is 1. The van der Waals surface area contributed by atoms with Crippen LogP contribution >= 0.6 is 34.5 Å². The Morgan fingerprint density at radius 1 is 1.20 bits per heavy atom. The van der Waals surface area contributed by atoms with E-state index in [-0.39, 0.29) is 11.8 Å². The van der Waals surface area contributed by atoms with Crippen molar-refractivity contribution in [3.63, 3.8) is 0 Å². The highest BCUT2D eigenvalue weighted by Crippen LogP contribution is 2.34. The van der Waals surface area contributed by atoms with E-state index >= 15 is 0 Å². The molecule has 1 saturated carbocycles. The fourth-order valence-corrected chi connectivity index (χ4v) is 4.73. The van der Waals surface area contributed by atoms with Gasteiger partial charge in [-0.05, 0) is 30.5 Å². The SMILES string of the molecule is NC1(C(=O)N2CCN(Cc3ncc(C(=O)NCc4ccc(Cl)cc4Cl)s3)CC2)CC1. The smallest absolute Gasteiger partial charge is 0.263 e. The van der Waals surface area contributed by atoms with Gasteiger partial charge in [0.1, 0.15) is 9.88 Å². The highest BCUT2D eigenvalue weighted by molar-refractivity contribution is 7.13. The van der Waals surface area contributed by atoms with Gasteiger partial charge in [0.05, 0.1) is 18.3 Å². The summed E-state index contributed by atoms with van der Waals surface area (Å²) in [6.07, 6.45) is 3.18. The highest BCUT2D eigenvalue weighted by Gasteiger charge is 2.48. The van der Waals surface area contributed by atoms with Crippen molar-refractivity contribution in [1.29, 1.82) is 0 Å². The standard InChI is InChI=1S/C20H23Cl2N5O2S/c21-14-2-1-13(15(22)9-14)10-25-18(28)16-11-24-17(30-16)12-26-5-7-27(8-6-26)19(29)20(23)3-4-20/h1-2,9,11H,3-8,10,12,23H2,(H,25,28). The monoisotopic (exact) mass is 467 g/mol. The molecule has 2 aromatic rings. The molecule has 2 heterocycles. The van der Waals surface area contributed by atoms with E-state index in [9.17, 15) is 9.59 Å². The molecule has 160 valence electrons. The molecule has 1 aromatic carbocycles.